The number of phenols is 1. The SMILES string of the molecule is CN(C)c1cc(C#Cc2ccc(F)cc2)c(O)c2c1C[C@H]1C[C@H]3CC(=O)C(C(N)=O)=C(O)[C@@]3(O)C(=O)C1=C2O. The van der Waals surface area contributed by atoms with Crippen LogP contribution in [0.15, 0.2) is 47.2 Å². The van der Waals surface area contributed by atoms with Crippen LogP contribution in [0.5, 0.6) is 5.75 Å². The molecule has 0 radical (unpaired) electrons. The van der Waals surface area contributed by atoms with Crippen molar-refractivity contribution in [3.05, 3.63) is 75.3 Å². The first-order valence-corrected chi connectivity index (χ1v) is 12.2. The second-order valence-corrected chi connectivity index (χ2v) is 10.2. The van der Waals surface area contributed by atoms with Gasteiger partial charge in [0, 0.05) is 43.3 Å². The standard InChI is InChI=1S/C29H25FN2O7/c1-32(2)19-11-14(6-3-13-4-7-17(30)8-5-13)24(34)22-18(19)10-15-9-16-12-20(33)23(28(31)38)27(37)29(16,39)26(36)21(15)25(22)35/h4-5,7-8,11,15-16,34-35,37,39H,9-10,12H2,1-2H3,(H2,31,38)/t15-,16+,29+/m1/s1. The number of primary amides is 1. The van der Waals surface area contributed by atoms with Gasteiger partial charge in [0.1, 0.15) is 28.7 Å². The number of nitrogens with zero attached hydrogens (tertiary/aromatic N) is 1. The number of aromatic hydroxyl groups is 1. The number of benzene rings is 2. The molecule has 0 spiro atoms. The number of ketones is 2. The van der Waals surface area contributed by atoms with Gasteiger partial charge in [0.05, 0.1) is 11.1 Å². The first-order valence-electron chi connectivity index (χ1n) is 12.2. The summed E-state index contributed by atoms with van der Waals surface area (Å²) in [6.45, 7) is 0. The molecule has 0 heterocycles. The average Bonchev–Trinajstić information content (AvgIpc) is 2.86. The lowest BCUT2D eigenvalue weighted by molar-refractivity contribution is -0.147. The molecule has 0 aliphatic heterocycles. The molecule has 0 bridgehead atoms. The first-order chi connectivity index (χ1) is 18.4. The van der Waals surface area contributed by atoms with E-state index in [1.54, 1.807) is 25.1 Å². The van der Waals surface area contributed by atoms with E-state index in [-0.39, 0.29) is 36.0 Å². The van der Waals surface area contributed by atoms with Gasteiger partial charge in [-0.3, -0.25) is 14.4 Å². The van der Waals surface area contributed by atoms with Crippen molar-refractivity contribution < 1.29 is 39.2 Å². The number of aliphatic hydroxyl groups is 3. The Hall–Kier alpha value is -4.62. The minimum atomic E-state index is -2.63. The van der Waals surface area contributed by atoms with E-state index in [1.807, 2.05) is 0 Å². The van der Waals surface area contributed by atoms with Gasteiger partial charge >= 0.3 is 0 Å². The van der Waals surface area contributed by atoms with E-state index in [0.29, 0.717) is 16.8 Å². The second-order valence-electron chi connectivity index (χ2n) is 10.2. The van der Waals surface area contributed by atoms with Gasteiger partial charge in [0.2, 0.25) is 5.78 Å². The summed E-state index contributed by atoms with van der Waals surface area (Å²) in [6.07, 6.45) is -0.157. The Morgan fingerprint density at radius 3 is 2.38 bits per heavy atom. The van der Waals surface area contributed by atoms with E-state index in [4.69, 9.17) is 5.73 Å². The van der Waals surface area contributed by atoms with Crippen LogP contribution in [0.4, 0.5) is 10.1 Å². The molecule has 0 aromatic heterocycles. The van der Waals surface area contributed by atoms with E-state index < -0.39 is 63.6 Å². The number of phenolic OH excluding ortho intramolecular Hbond substituents is 1. The predicted octanol–water partition coefficient (Wildman–Crippen LogP) is 2.03. The zero-order valence-electron chi connectivity index (χ0n) is 21.1. The summed E-state index contributed by atoms with van der Waals surface area (Å²) >= 11 is 0. The number of halogens is 1. The number of fused-ring (bicyclic) bond motifs is 3. The molecule has 1 fully saturated rings. The first kappa shape index (κ1) is 26.0. The Labute approximate surface area is 222 Å². The Morgan fingerprint density at radius 1 is 1.10 bits per heavy atom. The normalized spacial score (nSPS) is 23.9. The third kappa shape index (κ3) is 3.85. The fourth-order valence-electron chi connectivity index (χ4n) is 5.84. The minimum Gasteiger partial charge on any atom is -0.508 e. The predicted molar refractivity (Wildman–Crippen MR) is 138 cm³/mol. The summed E-state index contributed by atoms with van der Waals surface area (Å²) in [5.74, 6) is -1.66. The Bertz CT molecular complexity index is 1590. The fourth-order valence-corrected chi connectivity index (χ4v) is 5.84. The van der Waals surface area contributed by atoms with Gasteiger partial charge < -0.3 is 31.1 Å². The molecule has 6 N–H and O–H groups in total. The molecule has 3 aliphatic rings. The summed E-state index contributed by atoms with van der Waals surface area (Å²) in [5, 5.41) is 44.7. The van der Waals surface area contributed by atoms with Crippen molar-refractivity contribution in [3.63, 3.8) is 0 Å². The highest BCUT2D eigenvalue weighted by Crippen LogP contribution is 2.53. The third-order valence-electron chi connectivity index (χ3n) is 7.71. The van der Waals surface area contributed by atoms with Gasteiger partial charge in [-0.05, 0) is 54.7 Å². The van der Waals surface area contributed by atoms with Crippen LogP contribution < -0.4 is 10.6 Å². The highest BCUT2D eigenvalue weighted by Gasteiger charge is 2.60. The summed E-state index contributed by atoms with van der Waals surface area (Å²) < 4.78 is 13.3. The summed E-state index contributed by atoms with van der Waals surface area (Å²) in [5.41, 5.74) is 3.25. The van der Waals surface area contributed by atoms with E-state index in [1.165, 1.54) is 24.3 Å². The van der Waals surface area contributed by atoms with Crippen LogP contribution in [-0.2, 0) is 20.8 Å². The minimum absolute atomic E-state index is 0.0443. The lowest BCUT2D eigenvalue weighted by Gasteiger charge is -2.46. The number of hydrogen-bond acceptors (Lipinski definition) is 8. The molecule has 1 saturated carbocycles. The number of rotatable bonds is 2. The molecule has 3 atom stereocenters. The van der Waals surface area contributed by atoms with Crippen LogP contribution in [0.2, 0.25) is 0 Å². The van der Waals surface area contributed by atoms with Gasteiger partial charge in [0.25, 0.3) is 5.91 Å². The number of amides is 1. The smallest absolute Gasteiger partial charge is 0.255 e. The van der Waals surface area contributed by atoms with Crippen LogP contribution in [0.3, 0.4) is 0 Å². The molecule has 200 valence electrons. The molecule has 9 nitrogen and oxygen atoms in total. The van der Waals surface area contributed by atoms with E-state index in [0.717, 1.165) is 0 Å². The van der Waals surface area contributed by atoms with Gasteiger partial charge in [0.15, 0.2) is 11.4 Å². The number of aliphatic hydroxyl groups excluding tert-OH is 2. The van der Waals surface area contributed by atoms with Crippen LogP contribution in [0.25, 0.3) is 5.76 Å². The van der Waals surface area contributed by atoms with Crippen molar-refractivity contribution in [1.82, 2.24) is 0 Å². The molecule has 5 rings (SSSR count). The van der Waals surface area contributed by atoms with Gasteiger partial charge in [-0.2, -0.15) is 0 Å². The largest absolute Gasteiger partial charge is 0.508 e. The average molecular weight is 533 g/mol. The highest BCUT2D eigenvalue weighted by atomic mass is 19.1. The van der Waals surface area contributed by atoms with Crippen molar-refractivity contribution in [2.45, 2.75) is 24.9 Å². The summed E-state index contributed by atoms with van der Waals surface area (Å²) in [7, 11) is 3.53. The van der Waals surface area contributed by atoms with Crippen LogP contribution in [0, 0.1) is 29.5 Å². The number of nitrogens with two attached hydrogens (primary N) is 1. The molecule has 0 saturated heterocycles. The van der Waals surface area contributed by atoms with E-state index in [2.05, 4.69) is 11.8 Å². The number of carbonyl (C=O) groups is 3. The monoisotopic (exact) mass is 532 g/mol. The van der Waals surface area contributed by atoms with Crippen molar-refractivity contribution in [2.24, 2.45) is 17.6 Å². The maximum atomic E-state index is 13.7. The van der Waals surface area contributed by atoms with Crippen LogP contribution in [-0.4, -0.2) is 57.6 Å². The molecule has 2 aromatic carbocycles. The molecule has 10 heteroatoms. The van der Waals surface area contributed by atoms with Crippen molar-refractivity contribution in [1.29, 1.82) is 0 Å². The lowest BCUT2D eigenvalue weighted by Crippen LogP contribution is -2.58. The third-order valence-corrected chi connectivity index (χ3v) is 7.71. The van der Waals surface area contributed by atoms with Crippen molar-refractivity contribution >= 4 is 28.9 Å². The molecular weight excluding hydrogens is 507 g/mol. The number of carbonyl (C=O) groups excluding carboxylic acids is 3. The molecule has 3 aliphatic carbocycles. The zero-order valence-corrected chi connectivity index (χ0v) is 21.1. The Morgan fingerprint density at radius 2 is 1.77 bits per heavy atom. The van der Waals surface area contributed by atoms with Crippen LogP contribution >= 0.6 is 0 Å². The number of Topliss-reactive ketones (excluding diaryl/α,β-unsaturated/α-hetero) is 2. The highest BCUT2D eigenvalue weighted by molar-refractivity contribution is 6.22. The molecular formula is C29H25FN2O7. The maximum Gasteiger partial charge on any atom is 0.255 e. The second kappa shape index (κ2) is 8.99. The fraction of sp³-hybridized carbons (Fsp3) is 0.276. The van der Waals surface area contributed by atoms with Crippen LogP contribution in [0.1, 0.15) is 35.1 Å². The van der Waals surface area contributed by atoms with Gasteiger partial charge in [-0.25, -0.2) is 4.39 Å². The maximum absolute atomic E-state index is 13.7. The Kier molecular flexibility index (Phi) is 6.00. The van der Waals surface area contributed by atoms with Crippen molar-refractivity contribution in [3.8, 4) is 17.6 Å². The molecule has 39 heavy (non-hydrogen) atoms. The summed E-state index contributed by atoms with van der Waals surface area (Å²) in [4.78, 5) is 39.8. The zero-order chi connectivity index (χ0) is 28.4. The topological polar surface area (TPSA) is 161 Å². The number of hydrogen-bond donors (Lipinski definition) is 5. The Balaban J connectivity index is 1.69. The summed E-state index contributed by atoms with van der Waals surface area (Å²) in [6, 6.07) is 7.08. The van der Waals surface area contributed by atoms with Crippen molar-refractivity contribution in [2.75, 3.05) is 19.0 Å². The number of anilines is 1. The molecule has 0 unspecified atom stereocenters. The van der Waals surface area contributed by atoms with Gasteiger partial charge in [-0.1, -0.05) is 11.8 Å². The van der Waals surface area contributed by atoms with Gasteiger partial charge in [-0.15, -0.1) is 0 Å². The molecule has 2 aromatic rings. The van der Waals surface area contributed by atoms with E-state index in [9.17, 15) is 39.2 Å². The lowest BCUT2D eigenvalue weighted by atomic mass is 9.59. The quantitative estimate of drug-likeness (QED) is 0.290. The van der Waals surface area contributed by atoms with E-state index >= 15 is 0 Å². The molecule has 1 amide bonds.